The van der Waals surface area contributed by atoms with Crippen LogP contribution in [-0.2, 0) is 22.6 Å². The smallest absolute Gasteiger partial charge is 0.249 e. The molecule has 0 spiro atoms. The van der Waals surface area contributed by atoms with Crippen LogP contribution in [0.2, 0.25) is 0 Å². The fourth-order valence-corrected chi connectivity index (χ4v) is 3.63. The van der Waals surface area contributed by atoms with Crippen LogP contribution in [0.1, 0.15) is 16.8 Å². The largest absolute Gasteiger partial charge is 0.365 e. The van der Waals surface area contributed by atoms with Crippen LogP contribution in [0.4, 0.5) is 0 Å². The lowest BCUT2D eigenvalue weighted by molar-refractivity contribution is -0.153. The fraction of sp³-hybridized carbons (Fsp3) is 0.444. The van der Waals surface area contributed by atoms with Gasteiger partial charge in [0.1, 0.15) is 6.61 Å². The molecule has 0 radical (unpaired) electrons. The van der Waals surface area contributed by atoms with Crippen molar-refractivity contribution < 1.29 is 9.53 Å². The lowest BCUT2D eigenvalue weighted by Gasteiger charge is -2.36. The SMILES string of the molecule is Cc1[nH]ncc1CN1C[C@@H]2[C@@H](C1)OCC(=O)N2Cc1ccccc1. The minimum absolute atomic E-state index is 0.0847. The molecule has 0 bridgehead atoms. The molecule has 1 amide bonds. The van der Waals surface area contributed by atoms with Gasteiger partial charge in [-0.25, -0.2) is 0 Å². The Morgan fingerprint density at radius 3 is 2.83 bits per heavy atom. The van der Waals surface area contributed by atoms with E-state index in [4.69, 9.17) is 4.74 Å². The maximum atomic E-state index is 12.4. The summed E-state index contributed by atoms with van der Waals surface area (Å²) in [6.45, 7) is 5.41. The summed E-state index contributed by atoms with van der Waals surface area (Å²) in [4.78, 5) is 16.7. The number of aromatic amines is 1. The summed E-state index contributed by atoms with van der Waals surface area (Å²) in [5.74, 6) is 0.0847. The van der Waals surface area contributed by atoms with Crippen molar-refractivity contribution in [2.45, 2.75) is 32.2 Å². The van der Waals surface area contributed by atoms with Gasteiger partial charge in [-0.05, 0) is 12.5 Å². The Hall–Kier alpha value is -2.18. The number of nitrogens with zero attached hydrogens (tertiary/aromatic N) is 3. The van der Waals surface area contributed by atoms with Crippen molar-refractivity contribution in [3.8, 4) is 0 Å². The van der Waals surface area contributed by atoms with Crippen LogP contribution in [0.3, 0.4) is 0 Å². The lowest BCUT2D eigenvalue weighted by atomic mass is 10.1. The second-order valence-electron chi connectivity index (χ2n) is 6.64. The topological polar surface area (TPSA) is 61.5 Å². The number of rotatable bonds is 4. The zero-order valence-electron chi connectivity index (χ0n) is 13.8. The third-order valence-corrected chi connectivity index (χ3v) is 4.98. The molecule has 3 heterocycles. The molecule has 2 saturated heterocycles. The number of carbonyl (C=O) groups is 1. The number of likely N-dealkylation sites (tertiary alicyclic amines) is 1. The molecule has 24 heavy (non-hydrogen) atoms. The molecule has 2 aliphatic rings. The lowest BCUT2D eigenvalue weighted by Crippen LogP contribution is -2.53. The van der Waals surface area contributed by atoms with Crippen molar-refractivity contribution in [2.75, 3.05) is 19.7 Å². The second-order valence-corrected chi connectivity index (χ2v) is 6.64. The van der Waals surface area contributed by atoms with Crippen LogP contribution in [0.25, 0.3) is 0 Å². The van der Waals surface area contributed by atoms with Gasteiger partial charge in [-0.1, -0.05) is 30.3 Å². The van der Waals surface area contributed by atoms with Gasteiger partial charge in [-0.15, -0.1) is 0 Å². The number of fused-ring (bicyclic) bond motifs is 1. The number of benzene rings is 1. The Labute approximate surface area is 141 Å². The zero-order valence-corrected chi connectivity index (χ0v) is 13.8. The minimum atomic E-state index is 0.0847. The van der Waals surface area contributed by atoms with Gasteiger partial charge < -0.3 is 9.64 Å². The number of carbonyl (C=O) groups excluding carboxylic acids is 1. The Balaban J connectivity index is 1.48. The molecular formula is C18H22N4O2. The van der Waals surface area contributed by atoms with Crippen molar-refractivity contribution in [2.24, 2.45) is 0 Å². The maximum Gasteiger partial charge on any atom is 0.249 e. The molecular weight excluding hydrogens is 304 g/mol. The molecule has 0 unspecified atom stereocenters. The van der Waals surface area contributed by atoms with Gasteiger partial charge in [0, 0.05) is 37.4 Å². The summed E-state index contributed by atoms with van der Waals surface area (Å²) < 4.78 is 5.81. The van der Waals surface area contributed by atoms with Crippen LogP contribution in [-0.4, -0.2) is 57.7 Å². The first-order valence-electron chi connectivity index (χ1n) is 8.37. The van der Waals surface area contributed by atoms with E-state index in [-0.39, 0.29) is 24.7 Å². The Morgan fingerprint density at radius 2 is 2.08 bits per heavy atom. The van der Waals surface area contributed by atoms with E-state index < -0.39 is 0 Å². The summed E-state index contributed by atoms with van der Waals surface area (Å²) in [6.07, 6.45) is 1.98. The molecule has 126 valence electrons. The monoisotopic (exact) mass is 326 g/mol. The quantitative estimate of drug-likeness (QED) is 0.921. The number of hydrogen-bond acceptors (Lipinski definition) is 4. The van der Waals surface area contributed by atoms with Crippen molar-refractivity contribution in [3.63, 3.8) is 0 Å². The molecule has 2 aliphatic heterocycles. The summed E-state index contributed by atoms with van der Waals surface area (Å²) in [6, 6.07) is 10.3. The molecule has 1 aromatic heterocycles. The standard InChI is InChI=1S/C18H22N4O2/c1-13-15(7-19-20-13)9-21-10-16-17(11-21)24-12-18(23)22(16)8-14-5-3-2-4-6-14/h2-7,16-17H,8-12H2,1H3,(H,19,20)/t16-,17-/m1/s1. The zero-order chi connectivity index (χ0) is 16.5. The molecule has 1 aromatic carbocycles. The average molecular weight is 326 g/mol. The highest BCUT2D eigenvalue weighted by molar-refractivity contribution is 5.78. The fourth-order valence-electron chi connectivity index (χ4n) is 3.63. The number of H-pyrrole nitrogens is 1. The van der Waals surface area contributed by atoms with Gasteiger partial charge in [0.05, 0.1) is 18.3 Å². The summed E-state index contributed by atoms with van der Waals surface area (Å²) in [5.41, 5.74) is 3.47. The van der Waals surface area contributed by atoms with Crippen molar-refractivity contribution in [1.82, 2.24) is 20.0 Å². The number of ether oxygens (including phenoxy) is 1. The first-order chi connectivity index (χ1) is 11.7. The van der Waals surface area contributed by atoms with E-state index in [0.29, 0.717) is 6.54 Å². The number of aryl methyl sites for hydroxylation is 1. The number of aromatic nitrogens is 2. The minimum Gasteiger partial charge on any atom is -0.365 e. The molecule has 4 rings (SSSR count). The first-order valence-corrected chi connectivity index (χ1v) is 8.37. The van der Waals surface area contributed by atoms with Gasteiger partial charge in [0.25, 0.3) is 0 Å². The normalized spacial score (nSPS) is 24.4. The van der Waals surface area contributed by atoms with Gasteiger partial charge in [0.2, 0.25) is 5.91 Å². The highest BCUT2D eigenvalue weighted by Crippen LogP contribution is 2.26. The summed E-state index contributed by atoms with van der Waals surface area (Å²) in [5, 5.41) is 7.07. The summed E-state index contributed by atoms with van der Waals surface area (Å²) in [7, 11) is 0. The van der Waals surface area contributed by atoms with E-state index in [1.54, 1.807) is 0 Å². The molecule has 6 heteroatoms. The second kappa shape index (κ2) is 6.37. The third-order valence-electron chi connectivity index (χ3n) is 4.98. The van der Waals surface area contributed by atoms with Gasteiger partial charge >= 0.3 is 0 Å². The predicted octanol–water partition coefficient (Wildman–Crippen LogP) is 1.33. The molecule has 0 aliphatic carbocycles. The van der Waals surface area contributed by atoms with Crippen LogP contribution in [0.15, 0.2) is 36.5 Å². The number of amides is 1. The van der Waals surface area contributed by atoms with Crippen LogP contribution in [0, 0.1) is 6.92 Å². The molecule has 2 fully saturated rings. The summed E-state index contributed by atoms with van der Waals surface area (Å²) >= 11 is 0. The van der Waals surface area contributed by atoms with Gasteiger partial charge in [-0.3, -0.25) is 14.8 Å². The number of nitrogens with one attached hydrogen (secondary N) is 1. The van der Waals surface area contributed by atoms with Crippen LogP contribution in [0.5, 0.6) is 0 Å². The van der Waals surface area contributed by atoms with E-state index in [2.05, 4.69) is 27.2 Å². The maximum absolute atomic E-state index is 12.4. The van der Waals surface area contributed by atoms with E-state index in [9.17, 15) is 4.79 Å². The van der Waals surface area contributed by atoms with E-state index in [1.807, 2.05) is 36.2 Å². The number of morpholine rings is 1. The van der Waals surface area contributed by atoms with E-state index >= 15 is 0 Å². The molecule has 0 saturated carbocycles. The Kier molecular flexibility index (Phi) is 4.08. The first kappa shape index (κ1) is 15.4. The van der Waals surface area contributed by atoms with Crippen LogP contribution < -0.4 is 0 Å². The van der Waals surface area contributed by atoms with Crippen molar-refractivity contribution >= 4 is 5.91 Å². The predicted molar refractivity (Wildman–Crippen MR) is 89.1 cm³/mol. The van der Waals surface area contributed by atoms with Gasteiger partial charge in [-0.2, -0.15) is 5.10 Å². The molecule has 6 nitrogen and oxygen atoms in total. The van der Waals surface area contributed by atoms with Crippen molar-refractivity contribution in [3.05, 3.63) is 53.3 Å². The molecule has 1 N–H and O–H groups in total. The molecule has 2 atom stereocenters. The van der Waals surface area contributed by atoms with E-state index in [1.165, 1.54) is 5.56 Å². The highest BCUT2D eigenvalue weighted by Gasteiger charge is 2.43. The van der Waals surface area contributed by atoms with Crippen molar-refractivity contribution in [1.29, 1.82) is 0 Å². The Morgan fingerprint density at radius 1 is 1.25 bits per heavy atom. The average Bonchev–Trinajstić information content (AvgIpc) is 3.18. The van der Waals surface area contributed by atoms with Crippen LogP contribution >= 0.6 is 0 Å². The highest BCUT2D eigenvalue weighted by atomic mass is 16.5. The molecule has 2 aromatic rings. The third kappa shape index (κ3) is 2.95. The van der Waals surface area contributed by atoms with E-state index in [0.717, 1.165) is 30.9 Å². The Bertz CT molecular complexity index is 715. The number of hydrogen-bond donors (Lipinski definition) is 1. The van der Waals surface area contributed by atoms with Gasteiger partial charge in [0.15, 0.2) is 0 Å².